The summed E-state index contributed by atoms with van der Waals surface area (Å²) in [6.45, 7) is 1.09. The zero-order valence-corrected chi connectivity index (χ0v) is 16.3. The number of likely N-dealkylation sites (N-methyl/N-ethyl adjacent to an activating group) is 1. The van der Waals surface area contributed by atoms with Crippen LogP contribution >= 0.6 is 0 Å². The predicted molar refractivity (Wildman–Crippen MR) is 108 cm³/mol. The minimum absolute atomic E-state index is 0.132. The molecule has 2 amide bonds. The smallest absolute Gasteiger partial charge is 0.251 e. The van der Waals surface area contributed by atoms with Crippen LogP contribution in [0.25, 0.3) is 0 Å². The number of hydrogen-bond donors (Lipinski definition) is 1. The maximum Gasteiger partial charge on any atom is 0.251 e. The van der Waals surface area contributed by atoms with Crippen LogP contribution < -0.4 is 10.2 Å². The van der Waals surface area contributed by atoms with Crippen LogP contribution in [-0.2, 0) is 4.79 Å². The van der Waals surface area contributed by atoms with Gasteiger partial charge in [0.1, 0.15) is 5.82 Å². The van der Waals surface area contributed by atoms with E-state index in [0.717, 1.165) is 30.6 Å². The lowest BCUT2D eigenvalue weighted by Crippen LogP contribution is -2.35. The topological polar surface area (TPSA) is 52.7 Å². The van der Waals surface area contributed by atoms with Crippen molar-refractivity contribution in [3.63, 3.8) is 0 Å². The maximum atomic E-state index is 13.5. The van der Waals surface area contributed by atoms with Gasteiger partial charge in [-0.3, -0.25) is 9.59 Å². The molecule has 1 aliphatic rings. The number of nitrogens with zero attached hydrogens (tertiary/aromatic N) is 2. The average molecular weight is 383 g/mol. The molecule has 2 aromatic rings. The second-order valence-electron chi connectivity index (χ2n) is 7.29. The van der Waals surface area contributed by atoms with Gasteiger partial charge in [-0.2, -0.15) is 0 Å². The molecule has 1 unspecified atom stereocenters. The van der Waals surface area contributed by atoms with E-state index < -0.39 is 0 Å². The van der Waals surface area contributed by atoms with Gasteiger partial charge in [-0.05, 0) is 68.9 Å². The Morgan fingerprint density at radius 2 is 1.93 bits per heavy atom. The third kappa shape index (κ3) is 4.75. The molecule has 5 nitrogen and oxygen atoms in total. The highest BCUT2D eigenvalue weighted by molar-refractivity contribution is 5.96. The zero-order valence-electron chi connectivity index (χ0n) is 16.3. The third-order valence-corrected chi connectivity index (χ3v) is 5.08. The fourth-order valence-electron chi connectivity index (χ4n) is 3.48. The standard InChI is InChI=1S/C22H26FN3O2/c1-25(2)20(17-6-5-7-18(23)14-17)15-24-22(28)16-9-11-19(12-10-16)26-13-4-3-8-21(26)27/h5-7,9-12,14,20H,3-4,8,13,15H2,1-2H3,(H,24,28). The van der Waals surface area contributed by atoms with Gasteiger partial charge in [-0.15, -0.1) is 0 Å². The van der Waals surface area contributed by atoms with Crippen molar-refractivity contribution in [3.05, 3.63) is 65.5 Å². The summed E-state index contributed by atoms with van der Waals surface area (Å²) >= 11 is 0. The van der Waals surface area contributed by atoms with Gasteiger partial charge in [0.15, 0.2) is 0 Å². The van der Waals surface area contributed by atoms with Crippen molar-refractivity contribution < 1.29 is 14.0 Å². The Bertz CT molecular complexity index is 836. The second-order valence-corrected chi connectivity index (χ2v) is 7.29. The third-order valence-electron chi connectivity index (χ3n) is 5.08. The van der Waals surface area contributed by atoms with Gasteiger partial charge >= 0.3 is 0 Å². The quantitative estimate of drug-likeness (QED) is 0.832. The molecule has 1 heterocycles. The van der Waals surface area contributed by atoms with Crippen LogP contribution in [0.2, 0.25) is 0 Å². The zero-order chi connectivity index (χ0) is 20.1. The molecular formula is C22H26FN3O2. The number of benzene rings is 2. The monoisotopic (exact) mass is 383 g/mol. The van der Waals surface area contributed by atoms with Crippen LogP contribution in [0.4, 0.5) is 10.1 Å². The first-order valence-electron chi connectivity index (χ1n) is 9.56. The van der Waals surface area contributed by atoms with E-state index >= 15 is 0 Å². The summed E-state index contributed by atoms with van der Waals surface area (Å²) in [5.74, 6) is -0.356. The Hall–Kier alpha value is -2.73. The van der Waals surface area contributed by atoms with Crippen LogP contribution in [0.15, 0.2) is 48.5 Å². The lowest BCUT2D eigenvalue weighted by Gasteiger charge is -2.27. The van der Waals surface area contributed by atoms with Crippen molar-refractivity contribution in [1.29, 1.82) is 0 Å². The SMILES string of the molecule is CN(C)C(CNC(=O)c1ccc(N2CCCCC2=O)cc1)c1cccc(F)c1. The van der Waals surface area contributed by atoms with E-state index in [2.05, 4.69) is 5.32 Å². The number of amides is 2. The fraction of sp³-hybridized carbons (Fsp3) is 0.364. The molecule has 0 aromatic heterocycles. The highest BCUT2D eigenvalue weighted by atomic mass is 19.1. The lowest BCUT2D eigenvalue weighted by atomic mass is 10.1. The molecule has 0 radical (unpaired) electrons. The van der Waals surface area contributed by atoms with Gasteiger partial charge in [0.25, 0.3) is 5.91 Å². The van der Waals surface area contributed by atoms with Gasteiger partial charge in [-0.1, -0.05) is 12.1 Å². The molecule has 1 aliphatic heterocycles. The number of carbonyl (C=O) groups excluding carboxylic acids is 2. The Morgan fingerprint density at radius 1 is 1.18 bits per heavy atom. The molecule has 3 rings (SSSR count). The molecule has 148 valence electrons. The summed E-state index contributed by atoms with van der Waals surface area (Å²) in [6.07, 6.45) is 2.52. The van der Waals surface area contributed by atoms with Crippen molar-refractivity contribution in [2.45, 2.75) is 25.3 Å². The highest BCUT2D eigenvalue weighted by Gasteiger charge is 2.20. The van der Waals surface area contributed by atoms with Crippen molar-refractivity contribution in [1.82, 2.24) is 10.2 Å². The number of hydrogen-bond acceptors (Lipinski definition) is 3. The molecule has 1 atom stereocenters. The number of carbonyl (C=O) groups is 2. The van der Waals surface area contributed by atoms with E-state index in [1.54, 1.807) is 23.1 Å². The second kappa shape index (κ2) is 8.97. The fourth-order valence-corrected chi connectivity index (χ4v) is 3.48. The van der Waals surface area contributed by atoms with E-state index in [9.17, 15) is 14.0 Å². The first-order valence-corrected chi connectivity index (χ1v) is 9.56. The molecule has 0 aliphatic carbocycles. The Labute approximate surface area is 165 Å². The molecule has 6 heteroatoms. The minimum Gasteiger partial charge on any atom is -0.350 e. The van der Waals surface area contributed by atoms with Crippen LogP contribution in [-0.4, -0.2) is 43.9 Å². The minimum atomic E-state index is -0.293. The predicted octanol–water partition coefficient (Wildman–Crippen LogP) is 3.38. The number of piperidine rings is 1. The summed E-state index contributed by atoms with van der Waals surface area (Å²) in [5, 5.41) is 2.92. The van der Waals surface area contributed by atoms with Crippen LogP contribution in [0, 0.1) is 5.82 Å². The van der Waals surface area contributed by atoms with Crippen molar-refractivity contribution in [2.75, 3.05) is 32.1 Å². The van der Waals surface area contributed by atoms with E-state index in [-0.39, 0.29) is 23.7 Å². The molecule has 0 bridgehead atoms. The lowest BCUT2D eigenvalue weighted by molar-refractivity contribution is -0.119. The first kappa shape index (κ1) is 20.0. The summed E-state index contributed by atoms with van der Waals surface area (Å²) in [4.78, 5) is 28.3. The normalized spacial score (nSPS) is 15.6. The number of anilines is 1. The van der Waals surface area contributed by atoms with E-state index in [4.69, 9.17) is 0 Å². The van der Waals surface area contributed by atoms with Gasteiger partial charge in [0.05, 0.1) is 6.04 Å². The van der Waals surface area contributed by atoms with E-state index in [1.807, 2.05) is 37.2 Å². The van der Waals surface area contributed by atoms with Crippen molar-refractivity contribution in [3.8, 4) is 0 Å². The van der Waals surface area contributed by atoms with Crippen molar-refractivity contribution >= 4 is 17.5 Å². The molecule has 0 saturated carbocycles. The van der Waals surface area contributed by atoms with Gasteiger partial charge in [0, 0.05) is 30.8 Å². The Kier molecular flexibility index (Phi) is 6.41. The summed E-state index contributed by atoms with van der Waals surface area (Å²) in [5.41, 5.74) is 2.17. The van der Waals surface area contributed by atoms with E-state index in [0.29, 0.717) is 18.5 Å². The van der Waals surface area contributed by atoms with Crippen LogP contribution in [0.1, 0.15) is 41.2 Å². The summed E-state index contributed by atoms with van der Waals surface area (Å²) in [6, 6.07) is 13.4. The molecule has 28 heavy (non-hydrogen) atoms. The van der Waals surface area contributed by atoms with Crippen LogP contribution in [0.5, 0.6) is 0 Å². The molecular weight excluding hydrogens is 357 g/mol. The number of nitrogens with one attached hydrogen (secondary N) is 1. The van der Waals surface area contributed by atoms with Gasteiger partial charge in [0.2, 0.25) is 5.91 Å². The van der Waals surface area contributed by atoms with Gasteiger partial charge in [-0.25, -0.2) is 4.39 Å². The largest absolute Gasteiger partial charge is 0.350 e. The number of halogens is 1. The van der Waals surface area contributed by atoms with Gasteiger partial charge < -0.3 is 15.1 Å². The summed E-state index contributed by atoms with van der Waals surface area (Å²) in [7, 11) is 3.79. The van der Waals surface area contributed by atoms with Crippen molar-refractivity contribution in [2.24, 2.45) is 0 Å². The summed E-state index contributed by atoms with van der Waals surface area (Å²) < 4.78 is 13.5. The highest BCUT2D eigenvalue weighted by Crippen LogP contribution is 2.22. The number of rotatable bonds is 6. The average Bonchev–Trinajstić information content (AvgIpc) is 2.68. The Morgan fingerprint density at radius 3 is 2.57 bits per heavy atom. The van der Waals surface area contributed by atoms with Crippen LogP contribution in [0.3, 0.4) is 0 Å². The van der Waals surface area contributed by atoms with E-state index in [1.165, 1.54) is 12.1 Å². The molecule has 1 saturated heterocycles. The maximum absolute atomic E-state index is 13.5. The molecule has 2 aromatic carbocycles. The Balaban J connectivity index is 1.64. The molecule has 0 spiro atoms. The first-order chi connectivity index (χ1) is 13.5. The molecule has 1 fully saturated rings. The molecule has 1 N–H and O–H groups in total.